The van der Waals surface area contributed by atoms with Gasteiger partial charge in [-0.05, 0) is 48.4 Å². The summed E-state index contributed by atoms with van der Waals surface area (Å²) in [5, 5.41) is 4.31. The predicted octanol–water partition coefficient (Wildman–Crippen LogP) is 2.24. The van der Waals surface area contributed by atoms with Gasteiger partial charge in [0.1, 0.15) is 17.5 Å². The molecule has 0 N–H and O–H groups in total. The number of anilines is 1. The molecule has 3 saturated heterocycles. The predicted molar refractivity (Wildman–Crippen MR) is 107 cm³/mol. The van der Waals surface area contributed by atoms with Gasteiger partial charge in [0.05, 0.1) is 31.9 Å². The van der Waals surface area contributed by atoms with Crippen LogP contribution in [0, 0.1) is 5.92 Å². The zero-order valence-corrected chi connectivity index (χ0v) is 16.4. The van der Waals surface area contributed by atoms with E-state index in [0.29, 0.717) is 11.4 Å². The van der Waals surface area contributed by atoms with Gasteiger partial charge in [0.2, 0.25) is 5.91 Å². The van der Waals surface area contributed by atoms with Crippen LogP contribution in [0.15, 0.2) is 48.5 Å². The van der Waals surface area contributed by atoms with Crippen molar-refractivity contribution in [3.8, 4) is 11.5 Å². The molecule has 3 fully saturated rings. The molecule has 0 saturated carbocycles. The number of benzene rings is 2. The lowest BCUT2D eigenvalue weighted by Crippen LogP contribution is -2.44. The van der Waals surface area contributed by atoms with Crippen LogP contribution in [0.25, 0.3) is 0 Å². The first-order valence-corrected chi connectivity index (χ1v) is 9.83. The highest BCUT2D eigenvalue weighted by atomic mass is 16.5. The van der Waals surface area contributed by atoms with Crippen molar-refractivity contribution in [1.82, 2.24) is 10.0 Å². The van der Waals surface area contributed by atoms with Gasteiger partial charge in [-0.1, -0.05) is 12.1 Å². The SMILES string of the molecule is COc1ccc([C@@H]2[C@H]3C(=O)N(c4ccc(OC)cc4)C(=O)[C@H]3N3CCCN23)cc1. The van der Waals surface area contributed by atoms with E-state index in [1.807, 2.05) is 24.3 Å². The second kappa shape index (κ2) is 6.86. The van der Waals surface area contributed by atoms with E-state index >= 15 is 0 Å². The molecule has 150 valence electrons. The number of methoxy groups -OCH3 is 2. The summed E-state index contributed by atoms with van der Waals surface area (Å²) in [4.78, 5) is 28.2. The van der Waals surface area contributed by atoms with Gasteiger partial charge < -0.3 is 9.47 Å². The van der Waals surface area contributed by atoms with Gasteiger partial charge in [-0.15, -0.1) is 0 Å². The Labute approximate surface area is 169 Å². The number of nitrogens with zero attached hydrogens (tertiary/aromatic N) is 3. The summed E-state index contributed by atoms with van der Waals surface area (Å²) < 4.78 is 10.5. The zero-order chi connectivity index (χ0) is 20.1. The molecule has 0 aliphatic carbocycles. The summed E-state index contributed by atoms with van der Waals surface area (Å²) in [5.74, 6) is 0.761. The number of carbonyl (C=O) groups is 2. The van der Waals surface area contributed by atoms with E-state index in [1.54, 1.807) is 38.5 Å². The Balaban J connectivity index is 1.53. The van der Waals surface area contributed by atoms with E-state index in [0.717, 1.165) is 30.8 Å². The third-order valence-electron chi connectivity index (χ3n) is 6.19. The smallest absolute Gasteiger partial charge is 0.253 e. The third-order valence-corrected chi connectivity index (χ3v) is 6.19. The fourth-order valence-corrected chi connectivity index (χ4v) is 4.90. The average molecular weight is 393 g/mol. The number of amides is 2. The van der Waals surface area contributed by atoms with Crippen molar-refractivity contribution >= 4 is 17.5 Å². The molecule has 0 bridgehead atoms. The van der Waals surface area contributed by atoms with Crippen LogP contribution >= 0.6 is 0 Å². The summed E-state index contributed by atoms with van der Waals surface area (Å²) >= 11 is 0. The minimum absolute atomic E-state index is 0.139. The minimum Gasteiger partial charge on any atom is -0.497 e. The molecular weight excluding hydrogens is 370 g/mol. The number of carbonyl (C=O) groups excluding carboxylic acids is 2. The Morgan fingerprint density at radius 1 is 0.759 bits per heavy atom. The van der Waals surface area contributed by atoms with Crippen molar-refractivity contribution in [2.24, 2.45) is 5.92 Å². The number of hydrogen-bond donors (Lipinski definition) is 0. The topological polar surface area (TPSA) is 62.3 Å². The molecule has 3 heterocycles. The van der Waals surface area contributed by atoms with E-state index in [4.69, 9.17) is 9.47 Å². The first kappa shape index (κ1) is 18.1. The second-order valence-electron chi connectivity index (χ2n) is 7.58. The Morgan fingerprint density at radius 3 is 1.90 bits per heavy atom. The normalized spacial score (nSPS) is 26.7. The molecule has 5 rings (SSSR count). The second-order valence-corrected chi connectivity index (χ2v) is 7.58. The molecule has 7 heteroatoms. The number of hydrogen-bond acceptors (Lipinski definition) is 6. The maximum absolute atomic E-state index is 13.5. The highest BCUT2D eigenvalue weighted by Crippen LogP contribution is 2.49. The Bertz CT molecular complexity index is 944. The molecule has 0 spiro atoms. The Kier molecular flexibility index (Phi) is 4.29. The minimum atomic E-state index is -0.445. The van der Waals surface area contributed by atoms with Crippen molar-refractivity contribution in [3.05, 3.63) is 54.1 Å². The van der Waals surface area contributed by atoms with Gasteiger partial charge in [0, 0.05) is 13.1 Å². The van der Waals surface area contributed by atoms with Gasteiger partial charge in [-0.2, -0.15) is 0 Å². The zero-order valence-electron chi connectivity index (χ0n) is 16.4. The summed E-state index contributed by atoms with van der Waals surface area (Å²) in [6.07, 6.45) is 0.986. The summed E-state index contributed by atoms with van der Waals surface area (Å²) in [5.41, 5.74) is 1.62. The molecule has 2 amide bonds. The van der Waals surface area contributed by atoms with Crippen molar-refractivity contribution in [2.75, 3.05) is 32.2 Å². The van der Waals surface area contributed by atoms with Crippen LogP contribution in [0.1, 0.15) is 18.0 Å². The van der Waals surface area contributed by atoms with Gasteiger partial charge >= 0.3 is 0 Å². The monoisotopic (exact) mass is 393 g/mol. The number of fused-ring (bicyclic) bond motifs is 3. The number of imide groups is 1. The Morgan fingerprint density at radius 2 is 1.31 bits per heavy atom. The van der Waals surface area contributed by atoms with E-state index in [1.165, 1.54) is 4.90 Å². The quantitative estimate of drug-likeness (QED) is 0.743. The third kappa shape index (κ3) is 2.65. The van der Waals surface area contributed by atoms with Crippen LogP contribution < -0.4 is 14.4 Å². The van der Waals surface area contributed by atoms with Crippen LogP contribution in [0.3, 0.4) is 0 Å². The number of hydrazine groups is 1. The first-order valence-electron chi connectivity index (χ1n) is 9.83. The van der Waals surface area contributed by atoms with E-state index in [9.17, 15) is 9.59 Å². The molecule has 29 heavy (non-hydrogen) atoms. The first-order chi connectivity index (χ1) is 14.1. The lowest BCUT2D eigenvalue weighted by atomic mass is 9.90. The largest absolute Gasteiger partial charge is 0.497 e. The molecular formula is C22H23N3O4. The van der Waals surface area contributed by atoms with Crippen molar-refractivity contribution in [3.63, 3.8) is 0 Å². The van der Waals surface area contributed by atoms with Crippen molar-refractivity contribution in [2.45, 2.75) is 18.5 Å². The van der Waals surface area contributed by atoms with Gasteiger partial charge in [-0.3, -0.25) is 9.59 Å². The molecule has 3 aliphatic heterocycles. The molecule has 0 aromatic heterocycles. The van der Waals surface area contributed by atoms with Crippen LogP contribution in [0.5, 0.6) is 11.5 Å². The van der Waals surface area contributed by atoms with Crippen molar-refractivity contribution < 1.29 is 19.1 Å². The number of ether oxygens (including phenoxy) is 2. The summed E-state index contributed by atoms with van der Waals surface area (Å²) in [7, 11) is 3.22. The molecule has 0 unspecified atom stereocenters. The highest BCUT2D eigenvalue weighted by molar-refractivity contribution is 6.24. The fourth-order valence-electron chi connectivity index (χ4n) is 4.90. The fraction of sp³-hybridized carbons (Fsp3) is 0.364. The molecule has 3 atom stereocenters. The van der Waals surface area contributed by atoms with Crippen LogP contribution in [-0.4, -0.2) is 55.2 Å². The molecule has 2 aromatic rings. The van der Waals surface area contributed by atoms with E-state index < -0.39 is 12.0 Å². The maximum Gasteiger partial charge on any atom is 0.253 e. The van der Waals surface area contributed by atoms with Gasteiger partial charge in [0.25, 0.3) is 5.91 Å². The van der Waals surface area contributed by atoms with Gasteiger partial charge in [0.15, 0.2) is 0 Å². The summed E-state index contributed by atoms with van der Waals surface area (Å²) in [6.45, 7) is 1.65. The molecule has 2 aromatic carbocycles. The lowest BCUT2D eigenvalue weighted by molar-refractivity contribution is -0.126. The van der Waals surface area contributed by atoms with Crippen LogP contribution in [-0.2, 0) is 9.59 Å². The highest BCUT2D eigenvalue weighted by Gasteiger charge is 2.62. The molecule has 0 radical (unpaired) electrons. The van der Waals surface area contributed by atoms with E-state index in [-0.39, 0.29) is 17.9 Å². The van der Waals surface area contributed by atoms with Crippen molar-refractivity contribution in [1.29, 1.82) is 0 Å². The average Bonchev–Trinajstić information content (AvgIpc) is 3.40. The maximum atomic E-state index is 13.5. The summed E-state index contributed by atoms with van der Waals surface area (Å²) in [6, 6.07) is 14.3. The van der Waals surface area contributed by atoms with Crippen LogP contribution in [0.4, 0.5) is 5.69 Å². The molecule has 7 nitrogen and oxygen atoms in total. The van der Waals surface area contributed by atoms with Crippen LogP contribution in [0.2, 0.25) is 0 Å². The molecule has 3 aliphatic rings. The standard InChI is InChI=1S/C22H23N3O4/c1-28-16-8-4-14(5-9-16)19-18-20(24-13-3-12-23(19)24)22(27)25(21(18)26)15-6-10-17(29-2)11-7-15/h4-11,18-20H,3,12-13H2,1-2H3/t18-,19-,20+/m1/s1. The number of rotatable bonds is 4. The lowest BCUT2D eigenvalue weighted by Gasteiger charge is -2.29. The Hall–Kier alpha value is -2.90. The van der Waals surface area contributed by atoms with E-state index in [2.05, 4.69) is 10.0 Å². The van der Waals surface area contributed by atoms with Gasteiger partial charge in [-0.25, -0.2) is 14.9 Å².